The van der Waals surface area contributed by atoms with Gasteiger partial charge in [0.1, 0.15) is 11.4 Å². The van der Waals surface area contributed by atoms with Crippen molar-refractivity contribution in [2.75, 3.05) is 36.8 Å². The molecular formula is C12H16N4O3. The average Bonchev–Trinajstić information content (AvgIpc) is 2.38. The van der Waals surface area contributed by atoms with Gasteiger partial charge in [0.05, 0.1) is 11.9 Å². The van der Waals surface area contributed by atoms with Crippen LogP contribution in [0.4, 0.5) is 11.5 Å². The minimum atomic E-state index is -1.05. The van der Waals surface area contributed by atoms with Crippen LogP contribution in [0.1, 0.15) is 17.3 Å². The van der Waals surface area contributed by atoms with Crippen molar-refractivity contribution in [2.24, 2.45) is 0 Å². The molecule has 0 bridgehead atoms. The molecule has 1 aliphatic rings. The molecule has 19 heavy (non-hydrogen) atoms. The van der Waals surface area contributed by atoms with Gasteiger partial charge in [-0.15, -0.1) is 0 Å². The molecule has 1 amide bonds. The Bertz CT molecular complexity index is 510. The Labute approximate surface area is 110 Å². The summed E-state index contributed by atoms with van der Waals surface area (Å²) < 4.78 is 0. The van der Waals surface area contributed by atoms with Gasteiger partial charge in [0, 0.05) is 33.1 Å². The van der Waals surface area contributed by atoms with Crippen LogP contribution in [0.15, 0.2) is 12.3 Å². The SMILES string of the molecule is CC(=O)N1CCN(c2ncc(N)cc2C(=O)O)CC1. The number of pyridine rings is 1. The molecule has 1 saturated heterocycles. The maximum atomic E-state index is 11.2. The number of rotatable bonds is 2. The molecule has 0 radical (unpaired) electrons. The Morgan fingerprint density at radius 3 is 2.47 bits per heavy atom. The Morgan fingerprint density at radius 1 is 1.32 bits per heavy atom. The second-order valence-corrected chi connectivity index (χ2v) is 4.44. The number of hydrogen-bond acceptors (Lipinski definition) is 5. The standard InChI is InChI=1S/C12H16N4O3/c1-8(17)15-2-4-16(5-3-15)11-10(12(18)19)6-9(13)7-14-11/h6-7H,2-5,13H2,1H3,(H,18,19). The van der Waals surface area contributed by atoms with E-state index < -0.39 is 5.97 Å². The maximum absolute atomic E-state index is 11.2. The third-order valence-corrected chi connectivity index (χ3v) is 3.14. The first kappa shape index (κ1) is 13.1. The molecule has 0 aromatic carbocycles. The van der Waals surface area contributed by atoms with E-state index in [1.165, 1.54) is 19.2 Å². The van der Waals surface area contributed by atoms with Crippen LogP contribution in [-0.4, -0.2) is 53.0 Å². The fraction of sp³-hybridized carbons (Fsp3) is 0.417. The van der Waals surface area contributed by atoms with Crippen molar-refractivity contribution < 1.29 is 14.7 Å². The quantitative estimate of drug-likeness (QED) is 0.781. The lowest BCUT2D eigenvalue weighted by Gasteiger charge is -2.35. The van der Waals surface area contributed by atoms with Crippen molar-refractivity contribution in [3.8, 4) is 0 Å². The van der Waals surface area contributed by atoms with Crippen molar-refractivity contribution in [2.45, 2.75) is 6.92 Å². The van der Waals surface area contributed by atoms with Crippen molar-refractivity contribution in [1.29, 1.82) is 0 Å². The first-order chi connectivity index (χ1) is 8.99. The highest BCUT2D eigenvalue weighted by atomic mass is 16.4. The van der Waals surface area contributed by atoms with Crippen molar-refractivity contribution in [1.82, 2.24) is 9.88 Å². The van der Waals surface area contributed by atoms with E-state index in [4.69, 9.17) is 5.73 Å². The zero-order valence-electron chi connectivity index (χ0n) is 10.7. The topological polar surface area (TPSA) is 99.8 Å². The molecule has 1 aromatic rings. The zero-order chi connectivity index (χ0) is 14.0. The zero-order valence-corrected chi connectivity index (χ0v) is 10.7. The highest BCUT2D eigenvalue weighted by molar-refractivity contribution is 5.94. The Hall–Kier alpha value is -2.31. The van der Waals surface area contributed by atoms with Gasteiger partial charge in [-0.3, -0.25) is 4.79 Å². The molecule has 3 N–H and O–H groups in total. The molecule has 0 aliphatic carbocycles. The Kier molecular flexibility index (Phi) is 3.55. The number of carbonyl (C=O) groups is 2. The van der Waals surface area contributed by atoms with Gasteiger partial charge in [-0.2, -0.15) is 0 Å². The number of carboxylic acids is 1. The number of amides is 1. The van der Waals surface area contributed by atoms with E-state index >= 15 is 0 Å². The molecule has 1 fully saturated rings. The van der Waals surface area contributed by atoms with Crippen LogP contribution >= 0.6 is 0 Å². The second kappa shape index (κ2) is 5.13. The summed E-state index contributed by atoms with van der Waals surface area (Å²) in [6, 6.07) is 1.40. The van der Waals surface area contributed by atoms with Crippen molar-refractivity contribution >= 4 is 23.4 Å². The first-order valence-electron chi connectivity index (χ1n) is 5.98. The monoisotopic (exact) mass is 264 g/mol. The molecular weight excluding hydrogens is 248 g/mol. The molecule has 0 saturated carbocycles. The molecule has 102 valence electrons. The van der Waals surface area contributed by atoms with E-state index in [0.717, 1.165) is 0 Å². The number of nitrogens with two attached hydrogens (primary N) is 1. The van der Waals surface area contributed by atoms with Crippen LogP contribution in [-0.2, 0) is 4.79 Å². The molecule has 2 rings (SSSR count). The number of carbonyl (C=O) groups excluding carboxylic acids is 1. The van der Waals surface area contributed by atoms with E-state index in [2.05, 4.69) is 4.98 Å². The van der Waals surface area contributed by atoms with Gasteiger partial charge in [-0.25, -0.2) is 9.78 Å². The molecule has 2 heterocycles. The minimum Gasteiger partial charge on any atom is -0.478 e. The summed E-state index contributed by atoms with van der Waals surface area (Å²) in [7, 11) is 0. The van der Waals surface area contributed by atoms with Gasteiger partial charge in [-0.05, 0) is 6.07 Å². The largest absolute Gasteiger partial charge is 0.478 e. The van der Waals surface area contributed by atoms with E-state index in [-0.39, 0.29) is 11.5 Å². The summed E-state index contributed by atoms with van der Waals surface area (Å²) >= 11 is 0. The summed E-state index contributed by atoms with van der Waals surface area (Å²) in [5.74, 6) is -0.614. The van der Waals surface area contributed by atoms with Gasteiger partial charge in [0.25, 0.3) is 0 Å². The number of nitrogens with zero attached hydrogens (tertiary/aromatic N) is 3. The normalized spacial score (nSPS) is 15.4. The number of piperazine rings is 1. The molecule has 7 heteroatoms. The van der Waals surface area contributed by atoms with Crippen LogP contribution in [0.5, 0.6) is 0 Å². The number of aromatic carboxylic acids is 1. The Morgan fingerprint density at radius 2 is 1.95 bits per heavy atom. The summed E-state index contributed by atoms with van der Waals surface area (Å²) in [5, 5.41) is 9.17. The summed E-state index contributed by atoms with van der Waals surface area (Å²) in [6.07, 6.45) is 1.44. The van der Waals surface area contributed by atoms with Crippen LogP contribution in [0.3, 0.4) is 0 Å². The number of nitrogen functional groups attached to an aromatic ring is 1. The third kappa shape index (κ3) is 2.75. The molecule has 0 unspecified atom stereocenters. The average molecular weight is 264 g/mol. The Balaban J connectivity index is 2.20. The van der Waals surface area contributed by atoms with Crippen LogP contribution < -0.4 is 10.6 Å². The fourth-order valence-electron chi connectivity index (χ4n) is 2.12. The van der Waals surface area contributed by atoms with Crippen molar-refractivity contribution in [3.63, 3.8) is 0 Å². The summed E-state index contributed by atoms with van der Waals surface area (Å²) in [4.78, 5) is 30.1. The van der Waals surface area contributed by atoms with Gasteiger partial charge in [-0.1, -0.05) is 0 Å². The number of carboxylic acid groups (broad SMARTS) is 1. The van der Waals surface area contributed by atoms with Crippen LogP contribution in [0, 0.1) is 0 Å². The highest BCUT2D eigenvalue weighted by Gasteiger charge is 2.23. The lowest BCUT2D eigenvalue weighted by molar-refractivity contribution is -0.129. The lowest BCUT2D eigenvalue weighted by atomic mass is 10.2. The van der Waals surface area contributed by atoms with E-state index in [0.29, 0.717) is 37.7 Å². The van der Waals surface area contributed by atoms with E-state index in [1.807, 2.05) is 4.90 Å². The minimum absolute atomic E-state index is 0.0309. The number of hydrogen-bond donors (Lipinski definition) is 2. The molecule has 0 spiro atoms. The summed E-state index contributed by atoms with van der Waals surface area (Å²) in [5.41, 5.74) is 5.98. The van der Waals surface area contributed by atoms with Crippen molar-refractivity contribution in [3.05, 3.63) is 17.8 Å². The predicted octanol–water partition coefficient (Wildman–Crippen LogP) is 0.0305. The fourth-order valence-corrected chi connectivity index (χ4v) is 2.12. The van der Waals surface area contributed by atoms with Gasteiger partial charge in [0.15, 0.2) is 0 Å². The number of anilines is 2. The number of aromatic nitrogens is 1. The molecule has 0 atom stereocenters. The van der Waals surface area contributed by atoms with Gasteiger partial charge < -0.3 is 20.6 Å². The predicted molar refractivity (Wildman–Crippen MR) is 70.1 cm³/mol. The first-order valence-corrected chi connectivity index (χ1v) is 5.98. The van der Waals surface area contributed by atoms with E-state index in [9.17, 15) is 14.7 Å². The lowest BCUT2D eigenvalue weighted by Crippen LogP contribution is -2.48. The smallest absolute Gasteiger partial charge is 0.339 e. The van der Waals surface area contributed by atoms with Crippen LogP contribution in [0.25, 0.3) is 0 Å². The molecule has 1 aliphatic heterocycles. The van der Waals surface area contributed by atoms with E-state index in [1.54, 1.807) is 4.90 Å². The van der Waals surface area contributed by atoms with Crippen LogP contribution in [0.2, 0.25) is 0 Å². The third-order valence-electron chi connectivity index (χ3n) is 3.14. The van der Waals surface area contributed by atoms with Gasteiger partial charge >= 0.3 is 5.97 Å². The molecule has 7 nitrogen and oxygen atoms in total. The second-order valence-electron chi connectivity index (χ2n) is 4.44. The highest BCUT2D eigenvalue weighted by Crippen LogP contribution is 2.21. The molecule has 1 aromatic heterocycles. The van der Waals surface area contributed by atoms with Gasteiger partial charge in [0.2, 0.25) is 5.91 Å². The summed E-state index contributed by atoms with van der Waals surface area (Å²) in [6.45, 7) is 3.80. The maximum Gasteiger partial charge on any atom is 0.339 e.